The van der Waals surface area contributed by atoms with Crippen LogP contribution in [0.3, 0.4) is 0 Å². The van der Waals surface area contributed by atoms with Gasteiger partial charge in [0.1, 0.15) is 5.60 Å². The van der Waals surface area contributed by atoms with Crippen molar-refractivity contribution in [1.29, 1.82) is 0 Å². The van der Waals surface area contributed by atoms with Gasteiger partial charge in [0.05, 0.1) is 10.7 Å². The molecule has 1 atom stereocenters. The zero-order valence-corrected chi connectivity index (χ0v) is 15.0. The number of amides is 1. The van der Waals surface area contributed by atoms with Crippen molar-refractivity contribution in [1.82, 2.24) is 15.6 Å². The van der Waals surface area contributed by atoms with Gasteiger partial charge in [-0.15, -0.1) is 11.3 Å². The molecule has 0 radical (unpaired) electrons. The molecule has 1 saturated carbocycles. The fourth-order valence-corrected chi connectivity index (χ4v) is 3.28. The molecule has 22 heavy (non-hydrogen) atoms. The number of aromatic nitrogens is 1. The summed E-state index contributed by atoms with van der Waals surface area (Å²) in [5.74, 6) is 0.573. The SMILES string of the molecule is Cc1nc(C)c(CNCC(NC(=O)OC(C)(C)C)C2CC2)s1. The molecular weight excluding hydrogens is 298 g/mol. The Kier molecular flexibility index (Phi) is 5.45. The normalized spacial score (nSPS) is 16.4. The van der Waals surface area contributed by atoms with Crippen LogP contribution in [0.5, 0.6) is 0 Å². The van der Waals surface area contributed by atoms with Crippen molar-refractivity contribution in [2.45, 2.75) is 65.6 Å². The Morgan fingerprint density at radius 2 is 2.09 bits per heavy atom. The molecule has 124 valence electrons. The highest BCUT2D eigenvalue weighted by Crippen LogP contribution is 2.32. The van der Waals surface area contributed by atoms with Gasteiger partial charge in [0.2, 0.25) is 0 Å². The summed E-state index contributed by atoms with van der Waals surface area (Å²) < 4.78 is 5.35. The van der Waals surface area contributed by atoms with Crippen LogP contribution in [-0.2, 0) is 11.3 Å². The molecule has 2 N–H and O–H groups in total. The van der Waals surface area contributed by atoms with E-state index in [1.807, 2.05) is 34.6 Å². The molecule has 1 amide bonds. The molecule has 0 saturated heterocycles. The fourth-order valence-electron chi connectivity index (χ4n) is 2.37. The van der Waals surface area contributed by atoms with E-state index in [0.717, 1.165) is 23.8 Å². The van der Waals surface area contributed by atoms with E-state index in [4.69, 9.17) is 4.74 Å². The molecule has 1 heterocycles. The highest BCUT2D eigenvalue weighted by atomic mass is 32.1. The third-order valence-corrected chi connectivity index (χ3v) is 4.62. The molecule has 1 aliphatic rings. The van der Waals surface area contributed by atoms with E-state index in [0.29, 0.717) is 5.92 Å². The minimum atomic E-state index is -0.455. The van der Waals surface area contributed by atoms with Gasteiger partial charge < -0.3 is 15.4 Å². The minimum Gasteiger partial charge on any atom is -0.444 e. The monoisotopic (exact) mass is 325 g/mol. The summed E-state index contributed by atoms with van der Waals surface area (Å²) in [5, 5.41) is 7.55. The molecule has 2 rings (SSSR count). The second kappa shape index (κ2) is 6.96. The van der Waals surface area contributed by atoms with Crippen molar-refractivity contribution in [3.8, 4) is 0 Å². The topological polar surface area (TPSA) is 63.2 Å². The van der Waals surface area contributed by atoms with Crippen LogP contribution in [0.15, 0.2) is 0 Å². The summed E-state index contributed by atoms with van der Waals surface area (Å²) in [6.07, 6.45) is 2.04. The van der Waals surface area contributed by atoms with Gasteiger partial charge in [0.25, 0.3) is 0 Å². The molecule has 0 bridgehead atoms. The zero-order chi connectivity index (χ0) is 16.3. The van der Waals surface area contributed by atoms with E-state index in [9.17, 15) is 4.79 Å². The minimum absolute atomic E-state index is 0.143. The van der Waals surface area contributed by atoms with Crippen LogP contribution in [0, 0.1) is 19.8 Å². The van der Waals surface area contributed by atoms with Crippen LogP contribution >= 0.6 is 11.3 Å². The maximum absolute atomic E-state index is 11.9. The Bertz CT molecular complexity index is 518. The number of ether oxygens (including phenoxy) is 1. The van der Waals surface area contributed by atoms with E-state index in [2.05, 4.69) is 15.6 Å². The van der Waals surface area contributed by atoms with Crippen LogP contribution in [0.25, 0.3) is 0 Å². The number of hydrogen-bond donors (Lipinski definition) is 2. The number of nitrogens with one attached hydrogen (secondary N) is 2. The molecule has 0 spiro atoms. The first-order valence-corrected chi connectivity index (χ1v) is 8.69. The molecule has 1 unspecified atom stereocenters. The summed E-state index contributed by atoms with van der Waals surface area (Å²) in [5.41, 5.74) is 0.640. The third kappa shape index (κ3) is 5.57. The maximum Gasteiger partial charge on any atom is 0.407 e. The molecule has 5 nitrogen and oxygen atoms in total. The maximum atomic E-state index is 11.9. The Balaban J connectivity index is 1.80. The first-order valence-electron chi connectivity index (χ1n) is 7.88. The smallest absolute Gasteiger partial charge is 0.407 e. The van der Waals surface area contributed by atoms with E-state index >= 15 is 0 Å². The molecule has 0 aromatic carbocycles. The average molecular weight is 325 g/mol. The van der Waals surface area contributed by atoms with Crippen LogP contribution in [0.1, 0.15) is 49.2 Å². The number of alkyl carbamates (subject to hydrolysis) is 1. The number of carbonyl (C=O) groups is 1. The molecule has 6 heteroatoms. The van der Waals surface area contributed by atoms with Crippen molar-refractivity contribution < 1.29 is 9.53 Å². The van der Waals surface area contributed by atoms with Gasteiger partial charge in [0.15, 0.2) is 0 Å². The van der Waals surface area contributed by atoms with Crippen molar-refractivity contribution >= 4 is 17.4 Å². The number of carbonyl (C=O) groups excluding carboxylic acids is 1. The molecule has 1 fully saturated rings. The number of thiazole rings is 1. The van der Waals surface area contributed by atoms with Gasteiger partial charge in [-0.2, -0.15) is 0 Å². The van der Waals surface area contributed by atoms with Crippen molar-refractivity contribution in [2.75, 3.05) is 6.54 Å². The summed E-state index contributed by atoms with van der Waals surface area (Å²) in [6, 6.07) is 0.143. The summed E-state index contributed by atoms with van der Waals surface area (Å²) in [4.78, 5) is 17.6. The lowest BCUT2D eigenvalue weighted by Gasteiger charge is -2.24. The Labute approximate surface area is 136 Å². The van der Waals surface area contributed by atoms with Crippen molar-refractivity contribution in [3.63, 3.8) is 0 Å². The standard InChI is InChI=1S/C16H27N3O2S/c1-10-14(22-11(2)18-10)9-17-8-13(12-6-7-12)19-15(20)21-16(3,4)5/h12-13,17H,6-9H2,1-5H3,(H,19,20). The lowest BCUT2D eigenvalue weighted by atomic mass is 10.2. The Hall–Kier alpha value is -1.14. The first kappa shape index (κ1) is 17.2. The van der Waals surface area contributed by atoms with Crippen LogP contribution in [0.4, 0.5) is 4.79 Å². The van der Waals surface area contributed by atoms with Crippen molar-refractivity contribution in [3.05, 3.63) is 15.6 Å². The summed E-state index contributed by atoms with van der Waals surface area (Å²) in [6.45, 7) is 11.3. The highest BCUT2D eigenvalue weighted by molar-refractivity contribution is 7.11. The second-order valence-corrected chi connectivity index (χ2v) is 8.25. The average Bonchev–Trinajstić information content (AvgIpc) is 3.13. The predicted octanol–water partition coefficient (Wildman–Crippen LogP) is 3.15. The molecule has 0 aliphatic heterocycles. The van der Waals surface area contributed by atoms with Gasteiger partial charge in [-0.3, -0.25) is 0 Å². The lowest BCUT2D eigenvalue weighted by molar-refractivity contribution is 0.0497. The highest BCUT2D eigenvalue weighted by Gasteiger charge is 2.33. The summed E-state index contributed by atoms with van der Waals surface area (Å²) in [7, 11) is 0. The molecule has 1 aliphatic carbocycles. The van der Waals surface area contributed by atoms with Gasteiger partial charge in [0, 0.05) is 24.0 Å². The van der Waals surface area contributed by atoms with E-state index < -0.39 is 5.60 Å². The number of nitrogens with zero attached hydrogens (tertiary/aromatic N) is 1. The Morgan fingerprint density at radius 3 is 2.59 bits per heavy atom. The number of hydrogen-bond acceptors (Lipinski definition) is 5. The van der Waals surface area contributed by atoms with Gasteiger partial charge in [-0.05, 0) is 53.4 Å². The zero-order valence-electron chi connectivity index (χ0n) is 14.2. The second-order valence-electron chi connectivity index (χ2n) is 6.96. The Morgan fingerprint density at radius 1 is 1.41 bits per heavy atom. The van der Waals surface area contributed by atoms with E-state index in [1.54, 1.807) is 11.3 Å². The largest absolute Gasteiger partial charge is 0.444 e. The third-order valence-electron chi connectivity index (χ3n) is 3.54. The molecule has 1 aromatic rings. The van der Waals surface area contributed by atoms with Crippen LogP contribution in [0.2, 0.25) is 0 Å². The van der Waals surface area contributed by atoms with Gasteiger partial charge in [-0.1, -0.05) is 0 Å². The summed E-state index contributed by atoms with van der Waals surface area (Å²) >= 11 is 1.73. The van der Waals surface area contributed by atoms with Gasteiger partial charge >= 0.3 is 6.09 Å². The number of rotatable bonds is 6. The van der Waals surface area contributed by atoms with E-state index in [1.165, 1.54) is 17.7 Å². The van der Waals surface area contributed by atoms with Crippen molar-refractivity contribution in [2.24, 2.45) is 5.92 Å². The predicted molar refractivity (Wildman–Crippen MR) is 89.2 cm³/mol. The first-order chi connectivity index (χ1) is 10.2. The quantitative estimate of drug-likeness (QED) is 0.843. The molecular formula is C16H27N3O2S. The lowest BCUT2D eigenvalue weighted by Crippen LogP contribution is -2.45. The van der Waals surface area contributed by atoms with Crippen LogP contribution < -0.4 is 10.6 Å². The number of aryl methyl sites for hydroxylation is 2. The molecule has 1 aromatic heterocycles. The van der Waals surface area contributed by atoms with Gasteiger partial charge in [-0.25, -0.2) is 9.78 Å². The van der Waals surface area contributed by atoms with E-state index in [-0.39, 0.29) is 12.1 Å². The fraction of sp³-hybridized carbons (Fsp3) is 0.750. The van der Waals surface area contributed by atoms with Crippen LogP contribution in [-0.4, -0.2) is 29.3 Å².